The van der Waals surface area contributed by atoms with E-state index < -0.39 is 10.9 Å². The second-order valence-electron chi connectivity index (χ2n) is 8.27. The quantitative estimate of drug-likeness (QED) is 0.599. The van der Waals surface area contributed by atoms with Crippen LogP contribution in [0.4, 0.5) is 5.69 Å². The van der Waals surface area contributed by atoms with Crippen LogP contribution in [-0.2, 0) is 4.74 Å². The van der Waals surface area contributed by atoms with E-state index in [1.54, 1.807) is 6.92 Å². The van der Waals surface area contributed by atoms with Gasteiger partial charge >= 0.3 is 0 Å². The molecule has 130 valence electrons. The number of hydrogen-bond donors (Lipinski definition) is 2. The lowest BCUT2D eigenvalue weighted by atomic mass is 9.85. The molecule has 1 aliphatic rings. The van der Waals surface area contributed by atoms with Gasteiger partial charge in [-0.25, -0.2) is 0 Å². The Hall–Kier alpha value is -1.75. The molecular formula is C19H25NO3S. The van der Waals surface area contributed by atoms with Crippen LogP contribution >= 0.6 is 12.6 Å². The molecule has 0 bridgehead atoms. The fraction of sp³-hybridized carbons (Fsp3) is 0.474. The van der Waals surface area contributed by atoms with E-state index in [1.165, 1.54) is 0 Å². The van der Waals surface area contributed by atoms with Gasteiger partial charge < -0.3 is 10.5 Å². The van der Waals surface area contributed by atoms with Crippen LogP contribution in [0.25, 0.3) is 5.57 Å². The maximum Gasteiger partial charge on any atom is 0.249 e. The van der Waals surface area contributed by atoms with Gasteiger partial charge in [0.2, 0.25) is 10.9 Å². The lowest BCUT2D eigenvalue weighted by Gasteiger charge is -2.35. The lowest BCUT2D eigenvalue weighted by Crippen LogP contribution is -2.38. The van der Waals surface area contributed by atoms with Crippen LogP contribution in [0.2, 0.25) is 0 Å². The third-order valence-corrected chi connectivity index (χ3v) is 4.55. The summed E-state index contributed by atoms with van der Waals surface area (Å²) in [5.41, 5.74) is 5.87. The van der Waals surface area contributed by atoms with Crippen molar-refractivity contribution in [3.8, 4) is 0 Å². The van der Waals surface area contributed by atoms with Crippen molar-refractivity contribution < 1.29 is 4.74 Å². The number of nitrogens with two attached hydrogens (primary N) is 1. The van der Waals surface area contributed by atoms with Gasteiger partial charge in [0.1, 0.15) is 11.5 Å². The molecule has 0 fully saturated rings. The Morgan fingerprint density at radius 2 is 1.58 bits per heavy atom. The molecule has 0 spiro atoms. The third-order valence-electron chi connectivity index (χ3n) is 4.10. The largest absolute Gasteiger partial charge is 0.464 e. The van der Waals surface area contributed by atoms with Crippen molar-refractivity contribution in [2.24, 2.45) is 10.8 Å². The zero-order valence-electron chi connectivity index (χ0n) is 15.3. The highest BCUT2D eigenvalue weighted by atomic mass is 32.1. The predicted molar refractivity (Wildman–Crippen MR) is 102 cm³/mol. The molecule has 1 aromatic carbocycles. The minimum Gasteiger partial charge on any atom is -0.464 e. The molecule has 1 heterocycles. The topological polar surface area (TPSA) is 69.4 Å². The molecule has 5 heteroatoms. The van der Waals surface area contributed by atoms with E-state index in [1.807, 2.05) is 26.8 Å². The van der Waals surface area contributed by atoms with Crippen LogP contribution in [0.1, 0.15) is 54.0 Å². The molecule has 1 aromatic rings. The summed E-state index contributed by atoms with van der Waals surface area (Å²) in [5.74, 6) is 1.53. The molecule has 0 saturated carbocycles. The van der Waals surface area contributed by atoms with Gasteiger partial charge in [0.15, 0.2) is 0 Å². The fourth-order valence-corrected chi connectivity index (χ4v) is 3.20. The van der Waals surface area contributed by atoms with Gasteiger partial charge in [-0.15, -0.1) is 12.6 Å². The van der Waals surface area contributed by atoms with Crippen LogP contribution in [0.5, 0.6) is 0 Å². The summed E-state index contributed by atoms with van der Waals surface area (Å²) in [6.45, 7) is 14.1. The number of rotatable bonds is 1. The third kappa shape index (κ3) is 2.97. The summed E-state index contributed by atoms with van der Waals surface area (Å²) in [6, 6.07) is 0. The molecule has 4 nitrogen and oxygen atoms in total. The molecule has 2 N–H and O–H groups in total. The van der Waals surface area contributed by atoms with E-state index in [0.29, 0.717) is 16.0 Å². The van der Waals surface area contributed by atoms with Gasteiger partial charge in [-0.3, -0.25) is 9.59 Å². The molecule has 2 rings (SSSR count). The van der Waals surface area contributed by atoms with E-state index in [0.717, 1.165) is 17.1 Å². The van der Waals surface area contributed by atoms with Gasteiger partial charge in [0.05, 0.1) is 16.2 Å². The Morgan fingerprint density at radius 3 is 2.00 bits per heavy atom. The van der Waals surface area contributed by atoms with Crippen molar-refractivity contribution in [1.29, 1.82) is 0 Å². The van der Waals surface area contributed by atoms with Gasteiger partial charge in [-0.2, -0.15) is 0 Å². The number of anilines is 1. The van der Waals surface area contributed by atoms with Gasteiger partial charge in [0, 0.05) is 10.8 Å². The molecule has 0 aliphatic carbocycles. The Bertz CT molecular complexity index is 864. The van der Waals surface area contributed by atoms with Crippen LogP contribution in [0, 0.1) is 10.8 Å². The molecule has 0 amide bonds. The van der Waals surface area contributed by atoms with E-state index in [-0.39, 0.29) is 16.5 Å². The van der Waals surface area contributed by atoms with Crippen molar-refractivity contribution in [1.82, 2.24) is 0 Å². The molecule has 1 aliphatic heterocycles. The zero-order chi connectivity index (χ0) is 18.6. The van der Waals surface area contributed by atoms with Crippen molar-refractivity contribution in [3.63, 3.8) is 0 Å². The van der Waals surface area contributed by atoms with E-state index in [2.05, 4.69) is 33.4 Å². The summed E-state index contributed by atoms with van der Waals surface area (Å²) in [7, 11) is 0. The number of thiol groups is 1. The average molecular weight is 347 g/mol. The Kier molecular flexibility index (Phi) is 4.38. The molecule has 0 radical (unpaired) electrons. The van der Waals surface area contributed by atoms with E-state index in [9.17, 15) is 9.59 Å². The lowest BCUT2D eigenvalue weighted by molar-refractivity contribution is 0.160. The summed E-state index contributed by atoms with van der Waals surface area (Å²) in [6.07, 6.45) is 1.89. The SMILES string of the molecule is CC(=C1C=C(C(C)(C)C)OC(C(C)(C)C)=C1S)c1c(N)c(=O)c1=O. The van der Waals surface area contributed by atoms with Crippen LogP contribution in [0.3, 0.4) is 0 Å². The van der Waals surface area contributed by atoms with Crippen LogP contribution in [-0.4, -0.2) is 0 Å². The Labute approximate surface area is 148 Å². The summed E-state index contributed by atoms with van der Waals surface area (Å²) in [5, 5.41) is 0. The van der Waals surface area contributed by atoms with Crippen LogP contribution in [0.15, 0.2) is 37.7 Å². The molecule has 0 atom stereocenters. The number of nitrogen functional groups attached to an aromatic ring is 1. The fourth-order valence-electron chi connectivity index (χ4n) is 2.59. The summed E-state index contributed by atoms with van der Waals surface area (Å²) in [4.78, 5) is 24.0. The standard InChI is InChI=1S/C19H25NO3S/c1-9(12-13(20)15(22)14(12)21)10-8-11(18(2,3)4)23-17(16(10)24)19(5,6)7/h8,24H,20H2,1-7H3. The first kappa shape index (κ1) is 18.6. The first-order valence-electron chi connectivity index (χ1n) is 7.91. The first-order chi connectivity index (χ1) is 10.8. The molecule has 0 aromatic heterocycles. The van der Waals surface area contributed by atoms with Gasteiger partial charge in [0.25, 0.3) is 0 Å². The van der Waals surface area contributed by atoms with Gasteiger partial charge in [-0.1, -0.05) is 41.5 Å². The van der Waals surface area contributed by atoms with Crippen molar-refractivity contribution in [3.05, 3.63) is 54.1 Å². The number of allylic oxidation sites excluding steroid dienone is 5. The van der Waals surface area contributed by atoms with Crippen molar-refractivity contribution in [2.45, 2.75) is 48.5 Å². The minimum absolute atomic E-state index is 0.0284. The minimum atomic E-state index is -0.613. The highest BCUT2D eigenvalue weighted by molar-refractivity contribution is 7.84. The average Bonchev–Trinajstić information content (AvgIpc) is 2.44. The normalized spacial score (nSPS) is 18.6. The molecular weight excluding hydrogens is 322 g/mol. The highest BCUT2D eigenvalue weighted by Gasteiger charge is 2.33. The van der Waals surface area contributed by atoms with Crippen molar-refractivity contribution in [2.75, 3.05) is 5.73 Å². The number of ether oxygens (including phenoxy) is 1. The second kappa shape index (κ2) is 5.66. The second-order valence-corrected chi connectivity index (χ2v) is 8.72. The van der Waals surface area contributed by atoms with Crippen LogP contribution < -0.4 is 16.6 Å². The predicted octanol–water partition coefficient (Wildman–Crippen LogP) is 3.79. The van der Waals surface area contributed by atoms with E-state index >= 15 is 0 Å². The first-order valence-corrected chi connectivity index (χ1v) is 8.35. The molecule has 24 heavy (non-hydrogen) atoms. The smallest absolute Gasteiger partial charge is 0.249 e. The van der Waals surface area contributed by atoms with Crippen molar-refractivity contribution >= 4 is 23.9 Å². The monoisotopic (exact) mass is 347 g/mol. The van der Waals surface area contributed by atoms with Gasteiger partial charge in [-0.05, 0) is 24.1 Å². The zero-order valence-corrected chi connectivity index (χ0v) is 16.2. The molecule has 0 unspecified atom stereocenters. The Balaban J connectivity index is 2.77. The summed E-state index contributed by atoms with van der Waals surface area (Å²) >= 11 is 4.65. The molecule has 0 saturated heterocycles. The maximum absolute atomic E-state index is 11.9. The Morgan fingerprint density at radius 1 is 1.04 bits per heavy atom. The summed E-state index contributed by atoms with van der Waals surface area (Å²) < 4.78 is 6.15. The highest BCUT2D eigenvalue weighted by Crippen LogP contribution is 2.45. The van der Waals surface area contributed by atoms with E-state index in [4.69, 9.17) is 10.5 Å². The maximum atomic E-state index is 11.9. The number of hydrogen-bond acceptors (Lipinski definition) is 5.